The van der Waals surface area contributed by atoms with E-state index < -0.39 is 11.0 Å². The quantitative estimate of drug-likeness (QED) is 0.711. The Morgan fingerprint density at radius 2 is 2.12 bits per heavy atom. The van der Waals surface area contributed by atoms with E-state index in [0.29, 0.717) is 19.3 Å². The summed E-state index contributed by atoms with van der Waals surface area (Å²) in [5.74, 6) is 1.77. The molecule has 33 heavy (non-hydrogen) atoms. The average Bonchev–Trinajstić information content (AvgIpc) is 3.33. The molecule has 5 atom stereocenters. The molecule has 5 aliphatic rings. The average molecular weight is 449 g/mol. The summed E-state index contributed by atoms with van der Waals surface area (Å²) in [7, 11) is 0. The third-order valence-corrected chi connectivity index (χ3v) is 9.23. The molecule has 1 amide bonds. The molecule has 1 aromatic carbocycles. The van der Waals surface area contributed by atoms with Gasteiger partial charge in [0, 0.05) is 24.6 Å². The van der Waals surface area contributed by atoms with Crippen molar-refractivity contribution in [1.82, 2.24) is 10.2 Å². The van der Waals surface area contributed by atoms with Gasteiger partial charge in [-0.15, -0.1) is 0 Å². The van der Waals surface area contributed by atoms with Gasteiger partial charge in [0.15, 0.2) is 0 Å². The monoisotopic (exact) mass is 448 g/mol. The molecule has 1 spiro atoms. The second kappa shape index (κ2) is 7.09. The van der Waals surface area contributed by atoms with Gasteiger partial charge in [0.25, 0.3) is 0 Å². The van der Waals surface area contributed by atoms with Crippen LogP contribution in [0.1, 0.15) is 55.2 Å². The number of amides is 1. The van der Waals surface area contributed by atoms with Crippen molar-refractivity contribution < 1.29 is 19.1 Å². The first-order chi connectivity index (χ1) is 16.1. The molecule has 3 aliphatic carbocycles. The third kappa shape index (κ3) is 2.83. The Balaban J connectivity index is 1.20. The summed E-state index contributed by atoms with van der Waals surface area (Å²) in [5, 5.41) is 15.8. The summed E-state index contributed by atoms with van der Waals surface area (Å²) in [4.78, 5) is 15.5. The van der Waals surface area contributed by atoms with Gasteiger partial charge in [-0.05, 0) is 80.7 Å². The molecule has 2 N–H and O–H groups in total. The summed E-state index contributed by atoms with van der Waals surface area (Å²) in [6, 6.07) is 8.33. The van der Waals surface area contributed by atoms with Gasteiger partial charge in [-0.1, -0.05) is 12.1 Å². The number of hydrogen-bond donors (Lipinski definition) is 2. The van der Waals surface area contributed by atoms with E-state index in [-0.39, 0.29) is 24.1 Å². The van der Waals surface area contributed by atoms with Gasteiger partial charge >= 0.3 is 0 Å². The van der Waals surface area contributed by atoms with E-state index in [1.54, 1.807) is 12.5 Å². The van der Waals surface area contributed by atoms with Crippen molar-refractivity contribution in [2.45, 2.75) is 80.6 Å². The van der Waals surface area contributed by atoms with Gasteiger partial charge in [-0.2, -0.15) is 0 Å². The van der Waals surface area contributed by atoms with E-state index in [1.807, 2.05) is 6.07 Å². The van der Waals surface area contributed by atoms with Crippen LogP contribution < -0.4 is 10.1 Å². The summed E-state index contributed by atoms with van der Waals surface area (Å²) in [5.41, 5.74) is 2.37. The molecule has 174 valence electrons. The lowest BCUT2D eigenvalue weighted by Crippen LogP contribution is -2.78. The number of carbonyl (C=O) groups is 1. The minimum Gasteiger partial charge on any atom is -0.487 e. The fourth-order valence-electron chi connectivity index (χ4n) is 7.57. The van der Waals surface area contributed by atoms with Crippen molar-refractivity contribution in [1.29, 1.82) is 0 Å². The van der Waals surface area contributed by atoms with Crippen LogP contribution in [0.25, 0.3) is 0 Å². The number of piperidine rings is 1. The second-order valence-electron chi connectivity index (χ2n) is 11.0. The van der Waals surface area contributed by atoms with Crippen molar-refractivity contribution in [3.8, 4) is 5.75 Å². The van der Waals surface area contributed by atoms with Gasteiger partial charge in [-0.3, -0.25) is 9.69 Å². The minimum atomic E-state index is -0.803. The Kier molecular flexibility index (Phi) is 4.32. The second-order valence-corrected chi connectivity index (χ2v) is 11.0. The van der Waals surface area contributed by atoms with Gasteiger partial charge in [0.05, 0.1) is 29.6 Å². The van der Waals surface area contributed by atoms with E-state index in [9.17, 15) is 9.90 Å². The summed E-state index contributed by atoms with van der Waals surface area (Å²) < 4.78 is 11.8. The van der Waals surface area contributed by atoms with Crippen LogP contribution in [0.4, 0.5) is 0 Å². The molecule has 2 saturated carbocycles. The number of ether oxygens (including phenoxy) is 1. The standard InChI is InChI=1S/C27H32N2O4/c30-23(7-6-18-9-13-32-16-18)28-20-8-10-27(31)22-14-19-2-1-3-21-24(19)26(27,25(20)33-21)11-12-29(22)15-17-4-5-17/h1-3,9,13,16-17,20,22,25,31H,4-8,10-12,14-15H2,(H,28,30)/t20-,22-,25+,26+,27-/m1/s1. The molecule has 6 nitrogen and oxygen atoms in total. The zero-order valence-corrected chi connectivity index (χ0v) is 19.0. The van der Waals surface area contributed by atoms with Crippen molar-refractivity contribution in [3.05, 3.63) is 53.5 Å². The third-order valence-electron chi connectivity index (χ3n) is 9.23. The van der Waals surface area contributed by atoms with E-state index in [4.69, 9.17) is 9.15 Å². The van der Waals surface area contributed by atoms with Crippen molar-refractivity contribution in [3.63, 3.8) is 0 Å². The molecule has 6 heteroatoms. The number of aryl methyl sites for hydroxylation is 1. The van der Waals surface area contributed by atoms with Crippen LogP contribution >= 0.6 is 0 Å². The van der Waals surface area contributed by atoms with E-state index in [2.05, 4.69) is 28.4 Å². The first-order valence-corrected chi connectivity index (χ1v) is 12.6. The molecule has 1 aromatic heterocycles. The molecule has 3 fully saturated rings. The Bertz CT molecular complexity index is 1080. The first kappa shape index (κ1) is 20.1. The molecule has 2 bridgehead atoms. The van der Waals surface area contributed by atoms with Crippen LogP contribution in [0.5, 0.6) is 5.75 Å². The zero-order chi connectivity index (χ0) is 22.2. The Labute approximate surface area is 194 Å². The minimum absolute atomic E-state index is 0.0429. The molecular formula is C27H32N2O4. The van der Waals surface area contributed by atoms with Gasteiger partial charge in [-0.25, -0.2) is 0 Å². The van der Waals surface area contributed by atoms with Gasteiger partial charge < -0.3 is 19.6 Å². The Morgan fingerprint density at radius 3 is 2.94 bits per heavy atom. The largest absolute Gasteiger partial charge is 0.487 e. The smallest absolute Gasteiger partial charge is 0.220 e. The molecule has 7 rings (SSSR count). The van der Waals surface area contributed by atoms with Gasteiger partial charge in [0.2, 0.25) is 5.91 Å². The van der Waals surface area contributed by atoms with Crippen LogP contribution in [0.15, 0.2) is 41.2 Å². The molecule has 0 unspecified atom stereocenters. The van der Waals surface area contributed by atoms with Crippen molar-refractivity contribution in [2.75, 3.05) is 13.1 Å². The van der Waals surface area contributed by atoms with Crippen LogP contribution in [-0.4, -0.2) is 52.8 Å². The lowest BCUT2D eigenvalue weighted by atomic mass is 9.48. The number of aliphatic hydroxyl groups is 1. The van der Waals surface area contributed by atoms with Crippen LogP contribution in [0.2, 0.25) is 0 Å². The highest BCUT2D eigenvalue weighted by Gasteiger charge is 2.72. The molecule has 2 aliphatic heterocycles. The Morgan fingerprint density at radius 1 is 1.21 bits per heavy atom. The number of furan rings is 1. The first-order valence-electron chi connectivity index (χ1n) is 12.6. The highest BCUT2D eigenvalue weighted by Crippen LogP contribution is 2.64. The van der Waals surface area contributed by atoms with E-state index in [0.717, 1.165) is 49.6 Å². The number of benzene rings is 1. The summed E-state index contributed by atoms with van der Waals surface area (Å²) in [6.07, 6.45) is 10.1. The predicted octanol–water partition coefficient (Wildman–Crippen LogP) is 2.96. The fourth-order valence-corrected chi connectivity index (χ4v) is 7.57. The predicted molar refractivity (Wildman–Crippen MR) is 122 cm³/mol. The topological polar surface area (TPSA) is 74.9 Å². The van der Waals surface area contributed by atoms with Crippen LogP contribution in [-0.2, 0) is 23.1 Å². The molecule has 3 heterocycles. The van der Waals surface area contributed by atoms with Crippen LogP contribution in [0, 0.1) is 5.92 Å². The maximum atomic E-state index is 12.9. The number of nitrogens with zero attached hydrogens (tertiary/aromatic N) is 1. The van der Waals surface area contributed by atoms with E-state index >= 15 is 0 Å². The normalized spacial score (nSPS) is 36.2. The number of hydrogen-bond acceptors (Lipinski definition) is 5. The van der Waals surface area contributed by atoms with Crippen molar-refractivity contribution in [2.24, 2.45) is 5.92 Å². The zero-order valence-electron chi connectivity index (χ0n) is 19.0. The number of carbonyl (C=O) groups excluding carboxylic acids is 1. The molecule has 0 radical (unpaired) electrons. The number of nitrogens with one attached hydrogen (secondary N) is 1. The maximum absolute atomic E-state index is 12.9. The van der Waals surface area contributed by atoms with E-state index in [1.165, 1.54) is 24.0 Å². The summed E-state index contributed by atoms with van der Waals surface area (Å²) >= 11 is 0. The fraction of sp³-hybridized carbons (Fsp3) is 0.593. The molecule has 2 aromatic rings. The van der Waals surface area contributed by atoms with Crippen molar-refractivity contribution >= 4 is 5.91 Å². The van der Waals surface area contributed by atoms with Gasteiger partial charge in [0.1, 0.15) is 11.9 Å². The maximum Gasteiger partial charge on any atom is 0.220 e. The lowest BCUT2D eigenvalue weighted by molar-refractivity contribution is -0.192. The number of likely N-dealkylation sites (tertiary alicyclic amines) is 1. The SMILES string of the molecule is O=C(CCc1ccoc1)N[C@@H]1CC[C@@]2(O)[C@H]3Cc4cccc5c4[C@@]2(CCN3CC2CC2)[C@H]1O5. The lowest BCUT2D eigenvalue weighted by Gasteiger charge is -2.64. The molecule has 1 saturated heterocycles. The summed E-state index contributed by atoms with van der Waals surface area (Å²) in [6.45, 7) is 2.11. The highest BCUT2D eigenvalue weighted by molar-refractivity contribution is 5.77. The highest BCUT2D eigenvalue weighted by atomic mass is 16.5. The number of rotatable bonds is 6. The molecular weight excluding hydrogens is 416 g/mol. The Hall–Kier alpha value is -2.31. The van der Waals surface area contributed by atoms with Crippen LogP contribution in [0.3, 0.4) is 0 Å².